The van der Waals surface area contributed by atoms with Crippen LogP contribution in [-0.4, -0.2) is 13.5 Å². The number of aromatic hydroxyl groups is 1. The highest BCUT2D eigenvalue weighted by molar-refractivity contribution is 7.92. The van der Waals surface area contributed by atoms with E-state index in [1.54, 1.807) is 18.2 Å². The maximum absolute atomic E-state index is 14.1. The summed E-state index contributed by atoms with van der Waals surface area (Å²) in [5, 5.41) is 10.4. The first-order valence-electron chi connectivity index (χ1n) is 6.67. The summed E-state index contributed by atoms with van der Waals surface area (Å²) in [7, 11) is -4.23. The number of benzene rings is 3. The van der Waals surface area contributed by atoms with Gasteiger partial charge in [0.15, 0.2) is 5.75 Å². The Labute approximate surface area is 147 Å². The molecule has 0 saturated heterocycles. The summed E-state index contributed by atoms with van der Waals surface area (Å²) in [5.41, 5.74) is 0.0427. The van der Waals surface area contributed by atoms with Crippen molar-refractivity contribution < 1.29 is 17.9 Å². The number of halogens is 3. The van der Waals surface area contributed by atoms with Crippen molar-refractivity contribution in [3.63, 3.8) is 0 Å². The largest absolute Gasteiger partial charge is 0.505 e. The molecule has 0 radical (unpaired) electrons. The van der Waals surface area contributed by atoms with E-state index in [1.807, 2.05) is 0 Å². The summed E-state index contributed by atoms with van der Waals surface area (Å²) >= 11 is 11.6. The highest BCUT2D eigenvalue weighted by Gasteiger charge is 2.23. The van der Waals surface area contributed by atoms with Gasteiger partial charge in [-0.25, -0.2) is 12.8 Å². The minimum atomic E-state index is -4.23. The summed E-state index contributed by atoms with van der Waals surface area (Å²) in [6.45, 7) is 0. The second kappa shape index (κ2) is 6.12. The minimum absolute atomic E-state index is 0.0427. The van der Waals surface area contributed by atoms with Crippen LogP contribution >= 0.6 is 23.2 Å². The molecule has 0 bridgehead atoms. The molecule has 4 nitrogen and oxygen atoms in total. The van der Waals surface area contributed by atoms with Crippen molar-refractivity contribution in [2.45, 2.75) is 4.90 Å². The second-order valence-corrected chi connectivity index (χ2v) is 7.48. The highest BCUT2D eigenvalue weighted by atomic mass is 35.5. The predicted molar refractivity (Wildman–Crippen MR) is 92.8 cm³/mol. The molecular formula is C16H10Cl2FNO3S. The van der Waals surface area contributed by atoms with Crippen LogP contribution in [0.5, 0.6) is 5.75 Å². The number of hydrogen-bond donors (Lipinski definition) is 2. The maximum Gasteiger partial charge on any atom is 0.265 e. The van der Waals surface area contributed by atoms with E-state index in [4.69, 9.17) is 23.2 Å². The third-order valence-electron chi connectivity index (χ3n) is 3.38. The SMILES string of the molecule is O=S(=O)(Nc1cccc2cccc(F)c12)c1cc(Cl)cc(Cl)c1O. The molecule has 0 saturated carbocycles. The Morgan fingerprint density at radius 2 is 1.71 bits per heavy atom. The molecule has 3 rings (SSSR count). The van der Waals surface area contributed by atoms with Crippen LogP contribution in [0.1, 0.15) is 0 Å². The molecule has 124 valence electrons. The second-order valence-electron chi connectivity index (χ2n) is 4.98. The van der Waals surface area contributed by atoms with Gasteiger partial charge in [-0.05, 0) is 29.7 Å². The van der Waals surface area contributed by atoms with Crippen LogP contribution in [-0.2, 0) is 10.0 Å². The lowest BCUT2D eigenvalue weighted by molar-refractivity contribution is 0.459. The zero-order chi connectivity index (χ0) is 17.5. The van der Waals surface area contributed by atoms with E-state index in [0.717, 1.165) is 6.07 Å². The Morgan fingerprint density at radius 1 is 1.04 bits per heavy atom. The zero-order valence-electron chi connectivity index (χ0n) is 11.9. The lowest BCUT2D eigenvalue weighted by Crippen LogP contribution is -2.14. The average Bonchev–Trinajstić information content (AvgIpc) is 2.50. The Bertz CT molecular complexity index is 1050. The minimum Gasteiger partial charge on any atom is -0.505 e. The molecule has 0 aromatic heterocycles. The van der Waals surface area contributed by atoms with E-state index in [0.29, 0.717) is 5.39 Å². The predicted octanol–water partition coefficient (Wildman–Crippen LogP) is 4.79. The molecule has 0 fully saturated rings. The fraction of sp³-hybridized carbons (Fsp3) is 0. The number of sulfonamides is 1. The third kappa shape index (κ3) is 3.00. The molecule has 2 N–H and O–H groups in total. The first kappa shape index (κ1) is 16.8. The molecule has 8 heteroatoms. The van der Waals surface area contributed by atoms with Gasteiger partial charge in [0.25, 0.3) is 10.0 Å². The summed E-state index contributed by atoms with van der Waals surface area (Å²) in [4.78, 5) is -0.492. The summed E-state index contributed by atoms with van der Waals surface area (Å²) in [6, 6.07) is 11.4. The van der Waals surface area contributed by atoms with Crippen LogP contribution in [0.25, 0.3) is 10.8 Å². The molecule has 0 aliphatic carbocycles. The number of phenolic OH excluding ortho intramolecular Hbond substituents is 1. The molecule has 3 aromatic carbocycles. The number of anilines is 1. The molecule has 0 atom stereocenters. The molecule has 0 aliphatic heterocycles. The Morgan fingerprint density at radius 3 is 2.42 bits per heavy atom. The van der Waals surface area contributed by atoms with Crippen LogP contribution < -0.4 is 4.72 Å². The van der Waals surface area contributed by atoms with Crippen LogP contribution in [0.4, 0.5) is 10.1 Å². The van der Waals surface area contributed by atoms with E-state index < -0.39 is 26.5 Å². The van der Waals surface area contributed by atoms with Crippen molar-refractivity contribution in [3.8, 4) is 5.75 Å². The molecule has 0 heterocycles. The number of hydrogen-bond acceptors (Lipinski definition) is 3. The third-order valence-corrected chi connectivity index (χ3v) is 5.27. The maximum atomic E-state index is 14.1. The van der Waals surface area contributed by atoms with E-state index in [1.165, 1.54) is 24.3 Å². The van der Waals surface area contributed by atoms with Crippen molar-refractivity contribution in [2.24, 2.45) is 0 Å². The Kier molecular flexibility index (Phi) is 4.29. The first-order chi connectivity index (χ1) is 11.3. The van der Waals surface area contributed by atoms with Gasteiger partial charge in [-0.3, -0.25) is 4.72 Å². The Hall–Kier alpha value is -2.02. The van der Waals surface area contributed by atoms with Gasteiger partial charge in [-0.15, -0.1) is 0 Å². The van der Waals surface area contributed by atoms with E-state index in [9.17, 15) is 17.9 Å². The van der Waals surface area contributed by atoms with Gasteiger partial charge in [0.05, 0.1) is 10.7 Å². The highest BCUT2D eigenvalue weighted by Crippen LogP contribution is 2.36. The number of phenols is 1. The lowest BCUT2D eigenvalue weighted by atomic mass is 10.1. The van der Waals surface area contributed by atoms with Gasteiger partial charge in [0, 0.05) is 10.4 Å². The van der Waals surface area contributed by atoms with Crippen molar-refractivity contribution in [3.05, 3.63) is 64.4 Å². The molecule has 0 amide bonds. The quantitative estimate of drug-likeness (QED) is 0.680. The molecule has 0 spiro atoms. The normalized spacial score (nSPS) is 11.6. The van der Waals surface area contributed by atoms with E-state index in [2.05, 4.69) is 4.72 Å². The molecule has 24 heavy (non-hydrogen) atoms. The topological polar surface area (TPSA) is 66.4 Å². The van der Waals surface area contributed by atoms with Gasteiger partial charge >= 0.3 is 0 Å². The van der Waals surface area contributed by atoms with E-state index >= 15 is 0 Å². The summed E-state index contributed by atoms with van der Waals surface area (Å²) in [6.07, 6.45) is 0. The molecule has 0 aliphatic rings. The van der Waals surface area contributed by atoms with Crippen LogP contribution in [0.3, 0.4) is 0 Å². The fourth-order valence-electron chi connectivity index (χ4n) is 2.33. The number of nitrogens with one attached hydrogen (secondary N) is 1. The van der Waals surface area contributed by atoms with Crippen molar-refractivity contribution in [2.75, 3.05) is 4.72 Å². The number of fused-ring (bicyclic) bond motifs is 1. The van der Waals surface area contributed by atoms with Gasteiger partial charge in [0.2, 0.25) is 0 Å². The lowest BCUT2D eigenvalue weighted by Gasteiger charge is -2.13. The van der Waals surface area contributed by atoms with Crippen LogP contribution in [0.2, 0.25) is 10.0 Å². The van der Waals surface area contributed by atoms with Gasteiger partial charge in [-0.2, -0.15) is 0 Å². The smallest absolute Gasteiger partial charge is 0.265 e. The average molecular weight is 386 g/mol. The first-order valence-corrected chi connectivity index (χ1v) is 8.91. The monoisotopic (exact) mass is 385 g/mol. The van der Waals surface area contributed by atoms with Gasteiger partial charge < -0.3 is 5.11 Å². The van der Waals surface area contributed by atoms with Gasteiger partial charge in [0.1, 0.15) is 10.7 Å². The van der Waals surface area contributed by atoms with Crippen molar-refractivity contribution in [1.29, 1.82) is 0 Å². The van der Waals surface area contributed by atoms with Crippen molar-refractivity contribution in [1.82, 2.24) is 0 Å². The molecule has 0 unspecified atom stereocenters. The Balaban J connectivity index is 2.15. The standard InChI is InChI=1S/C16H10Cl2FNO3S/c17-10-7-11(18)16(21)14(8-10)24(22,23)20-13-6-2-4-9-3-1-5-12(19)15(9)13/h1-8,20-21H. The van der Waals surface area contributed by atoms with Gasteiger partial charge in [-0.1, -0.05) is 47.5 Å². The summed E-state index contributed by atoms with van der Waals surface area (Å²) < 4.78 is 41.5. The van der Waals surface area contributed by atoms with Crippen molar-refractivity contribution >= 4 is 49.7 Å². The zero-order valence-corrected chi connectivity index (χ0v) is 14.3. The van der Waals surface area contributed by atoms with Crippen LogP contribution in [0.15, 0.2) is 53.4 Å². The fourth-order valence-corrected chi connectivity index (χ4v) is 4.16. The van der Waals surface area contributed by atoms with E-state index in [-0.39, 0.29) is 21.1 Å². The molecular weight excluding hydrogens is 376 g/mol. The number of rotatable bonds is 3. The molecule has 3 aromatic rings. The van der Waals surface area contributed by atoms with Crippen LogP contribution in [0, 0.1) is 5.82 Å². The summed E-state index contributed by atoms with van der Waals surface area (Å²) in [5.74, 6) is -1.20.